The van der Waals surface area contributed by atoms with E-state index >= 15 is 0 Å². The van der Waals surface area contributed by atoms with E-state index < -0.39 is 18.0 Å². The Morgan fingerprint density at radius 2 is 1.91 bits per heavy atom. The van der Waals surface area contributed by atoms with Crippen molar-refractivity contribution in [2.75, 3.05) is 24.8 Å². The molecule has 2 heterocycles. The molecule has 11 heteroatoms. The molecule has 0 spiro atoms. The predicted octanol–water partition coefficient (Wildman–Crippen LogP) is 4.34. The number of anilines is 1. The highest BCUT2D eigenvalue weighted by atomic mass is 32.2. The summed E-state index contributed by atoms with van der Waals surface area (Å²) in [6, 6.07) is 11.8. The largest absolute Gasteiger partial charge is 0.486 e. The van der Waals surface area contributed by atoms with Crippen LogP contribution in [0.3, 0.4) is 0 Å². The zero-order valence-electron chi connectivity index (χ0n) is 17.2. The van der Waals surface area contributed by atoms with Crippen LogP contribution >= 0.6 is 35.3 Å². The lowest BCUT2D eigenvalue weighted by molar-refractivity contribution is -0.123. The van der Waals surface area contributed by atoms with Gasteiger partial charge in [-0.2, -0.15) is 0 Å². The zero-order chi connectivity index (χ0) is 22.7. The van der Waals surface area contributed by atoms with Gasteiger partial charge in [0, 0.05) is 11.8 Å². The number of fused-ring (bicyclic) bond motifs is 1. The van der Waals surface area contributed by atoms with E-state index in [9.17, 15) is 9.59 Å². The van der Waals surface area contributed by atoms with Crippen LogP contribution in [0.4, 0.5) is 5.69 Å². The summed E-state index contributed by atoms with van der Waals surface area (Å²) in [5.41, 5.74) is 1.59. The molecule has 1 aromatic heterocycles. The molecule has 1 atom stereocenters. The van der Waals surface area contributed by atoms with Crippen molar-refractivity contribution in [2.45, 2.75) is 17.4 Å². The Kier molecular flexibility index (Phi) is 6.77. The molecule has 8 nitrogen and oxygen atoms in total. The lowest BCUT2D eigenvalue weighted by atomic mass is 10.2. The van der Waals surface area contributed by atoms with Crippen LogP contribution in [0.5, 0.6) is 11.5 Å². The topological polar surface area (TPSA) is 91.7 Å². The van der Waals surface area contributed by atoms with Crippen LogP contribution in [0.1, 0.15) is 17.3 Å². The highest BCUT2D eigenvalue weighted by Gasteiger charge is 2.20. The van der Waals surface area contributed by atoms with Gasteiger partial charge in [0.1, 0.15) is 13.2 Å². The molecule has 1 aliphatic rings. The molecule has 0 fully saturated rings. The monoisotopic (exact) mass is 489 g/mol. The minimum atomic E-state index is -0.994. The number of hydrogen-bond acceptors (Lipinski definition) is 9. The Morgan fingerprint density at radius 3 is 2.59 bits per heavy atom. The van der Waals surface area contributed by atoms with Crippen molar-refractivity contribution in [3.63, 3.8) is 0 Å². The lowest BCUT2D eigenvalue weighted by Gasteiger charge is -2.19. The van der Waals surface area contributed by atoms with E-state index in [1.54, 1.807) is 47.1 Å². The van der Waals surface area contributed by atoms with Crippen molar-refractivity contribution in [1.29, 1.82) is 0 Å². The summed E-state index contributed by atoms with van der Waals surface area (Å²) in [6.45, 7) is 2.45. The summed E-state index contributed by atoms with van der Waals surface area (Å²) in [5, 5.41) is 7.14. The lowest BCUT2D eigenvalue weighted by Crippen LogP contribution is -2.30. The Labute approximate surface area is 197 Å². The first-order valence-corrected chi connectivity index (χ1v) is 12.1. The van der Waals surface area contributed by atoms with Gasteiger partial charge in [-0.25, -0.2) is 9.48 Å². The highest BCUT2D eigenvalue weighted by molar-refractivity contribution is 8.00. The summed E-state index contributed by atoms with van der Waals surface area (Å²) in [6.07, 6.45) is 0.939. The molecule has 3 aromatic rings. The number of nitrogens with one attached hydrogen (secondary N) is 1. The fourth-order valence-electron chi connectivity index (χ4n) is 2.89. The summed E-state index contributed by atoms with van der Waals surface area (Å²) in [4.78, 5) is 25.0. The van der Waals surface area contributed by atoms with Gasteiger partial charge in [-0.1, -0.05) is 23.1 Å². The van der Waals surface area contributed by atoms with E-state index in [1.165, 1.54) is 30.0 Å². The number of rotatable bonds is 6. The van der Waals surface area contributed by atoms with Crippen LogP contribution in [0, 0.1) is 3.95 Å². The number of hydrogen-bond donors (Lipinski definition) is 1. The normalized spacial score (nSPS) is 13.3. The van der Waals surface area contributed by atoms with Crippen molar-refractivity contribution >= 4 is 52.9 Å². The zero-order valence-corrected chi connectivity index (χ0v) is 19.6. The predicted molar refractivity (Wildman–Crippen MR) is 125 cm³/mol. The van der Waals surface area contributed by atoms with Gasteiger partial charge in [-0.3, -0.25) is 4.79 Å². The molecule has 32 heavy (non-hydrogen) atoms. The standard InChI is InChI=1S/C21H19N3O5S3/c1-12(18(25)22-14-5-8-16-17(11-14)28-10-9-27-16)29-19(26)13-3-6-15(7-4-13)24-21(30)32-20(23-24)31-2/h3-8,11-12H,9-10H2,1-2H3,(H,22,25)/t12-/m1/s1. The third-order valence-corrected chi connectivity index (χ3v) is 6.72. The molecule has 4 rings (SSSR count). The van der Waals surface area contributed by atoms with Crippen molar-refractivity contribution in [3.05, 3.63) is 52.0 Å². The molecular weight excluding hydrogens is 470 g/mol. The van der Waals surface area contributed by atoms with E-state index in [0.29, 0.717) is 39.9 Å². The number of carbonyl (C=O) groups excluding carboxylic acids is 2. The Balaban J connectivity index is 1.38. The smallest absolute Gasteiger partial charge is 0.338 e. The average molecular weight is 490 g/mol. The fraction of sp³-hybridized carbons (Fsp3) is 0.238. The van der Waals surface area contributed by atoms with E-state index in [2.05, 4.69) is 10.4 Å². The molecule has 2 aromatic carbocycles. The Hall–Kier alpha value is -2.89. The molecular formula is C21H19N3O5S3. The van der Waals surface area contributed by atoms with Gasteiger partial charge in [-0.15, -0.1) is 5.10 Å². The van der Waals surface area contributed by atoms with Gasteiger partial charge in [0.25, 0.3) is 5.91 Å². The van der Waals surface area contributed by atoms with Crippen LogP contribution in [0.15, 0.2) is 46.8 Å². The molecule has 1 amide bonds. The van der Waals surface area contributed by atoms with E-state index in [4.69, 9.17) is 26.4 Å². The van der Waals surface area contributed by atoms with Gasteiger partial charge in [0.15, 0.2) is 25.9 Å². The maximum absolute atomic E-state index is 12.5. The van der Waals surface area contributed by atoms with Crippen LogP contribution < -0.4 is 14.8 Å². The molecule has 1 N–H and O–H groups in total. The van der Waals surface area contributed by atoms with Crippen molar-refractivity contribution in [3.8, 4) is 17.2 Å². The number of benzene rings is 2. The maximum atomic E-state index is 12.5. The minimum Gasteiger partial charge on any atom is -0.486 e. The first-order chi connectivity index (χ1) is 15.4. The van der Waals surface area contributed by atoms with E-state index in [-0.39, 0.29) is 0 Å². The third kappa shape index (κ3) is 4.95. The van der Waals surface area contributed by atoms with Gasteiger partial charge in [0.05, 0.1) is 11.3 Å². The van der Waals surface area contributed by atoms with E-state index in [1.807, 2.05) is 6.26 Å². The second-order valence-corrected chi connectivity index (χ2v) is 9.37. The van der Waals surface area contributed by atoms with Crippen LogP contribution in [0.2, 0.25) is 0 Å². The molecule has 0 bridgehead atoms. The number of esters is 1. The maximum Gasteiger partial charge on any atom is 0.338 e. The van der Waals surface area contributed by atoms with Gasteiger partial charge in [-0.05, 0) is 61.8 Å². The average Bonchev–Trinajstić information content (AvgIpc) is 3.19. The molecule has 0 unspecified atom stereocenters. The number of aromatic nitrogens is 2. The molecule has 0 aliphatic carbocycles. The number of carbonyl (C=O) groups is 2. The molecule has 1 aliphatic heterocycles. The first kappa shape index (κ1) is 22.3. The quantitative estimate of drug-likeness (QED) is 0.311. The van der Waals surface area contributed by atoms with Crippen molar-refractivity contribution in [2.24, 2.45) is 0 Å². The molecule has 0 radical (unpaired) electrons. The second kappa shape index (κ2) is 9.72. The molecule has 166 valence electrons. The van der Waals surface area contributed by atoms with Crippen molar-refractivity contribution in [1.82, 2.24) is 9.78 Å². The number of ether oxygens (including phenoxy) is 3. The van der Waals surface area contributed by atoms with Crippen LogP contribution in [-0.4, -0.2) is 47.2 Å². The SMILES string of the molecule is CSc1nn(-c2ccc(C(=O)O[C@H](C)C(=O)Nc3ccc4c(c3)OCCO4)cc2)c(=S)s1. The molecule has 0 saturated carbocycles. The second-order valence-electron chi connectivity index (χ2n) is 6.69. The summed E-state index contributed by atoms with van der Waals surface area (Å²) < 4.78 is 19.4. The van der Waals surface area contributed by atoms with Crippen LogP contribution in [0.25, 0.3) is 5.69 Å². The molecule has 0 saturated heterocycles. The fourth-order valence-corrected chi connectivity index (χ4v) is 4.67. The summed E-state index contributed by atoms with van der Waals surface area (Å²) in [7, 11) is 0. The number of thioether (sulfide) groups is 1. The summed E-state index contributed by atoms with van der Waals surface area (Å²) >= 11 is 8.27. The van der Waals surface area contributed by atoms with Gasteiger partial charge < -0.3 is 19.5 Å². The summed E-state index contributed by atoms with van der Waals surface area (Å²) in [5.74, 6) is 0.127. The van der Waals surface area contributed by atoms with E-state index in [0.717, 1.165) is 10.0 Å². The van der Waals surface area contributed by atoms with Crippen LogP contribution in [-0.2, 0) is 9.53 Å². The van der Waals surface area contributed by atoms with Crippen molar-refractivity contribution < 1.29 is 23.8 Å². The highest BCUT2D eigenvalue weighted by Crippen LogP contribution is 2.32. The minimum absolute atomic E-state index is 0.319. The Morgan fingerprint density at radius 1 is 1.19 bits per heavy atom. The first-order valence-electron chi connectivity index (χ1n) is 9.60. The number of nitrogens with zero attached hydrogens (tertiary/aromatic N) is 2. The van der Waals surface area contributed by atoms with Gasteiger partial charge in [0.2, 0.25) is 0 Å². The van der Waals surface area contributed by atoms with Gasteiger partial charge >= 0.3 is 5.97 Å². The Bertz CT molecular complexity index is 1210. The number of amides is 1. The third-order valence-electron chi connectivity index (χ3n) is 4.51.